The maximum atomic E-state index is 10.5. The fourth-order valence-corrected chi connectivity index (χ4v) is 1.85. The highest BCUT2D eigenvalue weighted by Crippen LogP contribution is 2.26. The second-order valence-electron chi connectivity index (χ2n) is 3.88. The zero-order valence-corrected chi connectivity index (χ0v) is 11.2. The van der Waals surface area contributed by atoms with Crippen LogP contribution in [-0.4, -0.2) is 16.3 Å². The fraction of sp³-hybridized carbons (Fsp3) is 0.154. The molecule has 0 saturated carbocycles. The van der Waals surface area contributed by atoms with Gasteiger partial charge in [0.1, 0.15) is 0 Å². The number of carbonyl (C=O) groups excluding carboxylic acids is 1. The van der Waals surface area contributed by atoms with Crippen molar-refractivity contribution in [2.24, 2.45) is 0 Å². The lowest BCUT2D eigenvalue weighted by atomic mass is 10.1. The van der Waals surface area contributed by atoms with E-state index in [4.69, 9.17) is 0 Å². The topological polar surface area (TPSA) is 42.9 Å². The van der Waals surface area contributed by atoms with Crippen LogP contribution in [0.25, 0.3) is 11.4 Å². The maximum Gasteiger partial charge on any atom is 0.159 e. The summed E-state index contributed by atoms with van der Waals surface area (Å²) in [6.07, 6.45) is 3.80. The van der Waals surface area contributed by atoms with Gasteiger partial charge in [0.15, 0.2) is 12.1 Å². The molecule has 86 valence electrons. The Hall–Kier alpha value is -1.55. The van der Waals surface area contributed by atoms with Gasteiger partial charge in [-0.25, -0.2) is 9.97 Å². The third-order valence-corrected chi connectivity index (χ3v) is 3.75. The molecule has 0 bridgehead atoms. The summed E-state index contributed by atoms with van der Waals surface area (Å²) < 4.78 is 1.10. The largest absolute Gasteiger partial charge is 0.298 e. The predicted molar refractivity (Wildman–Crippen MR) is 70.0 cm³/mol. The van der Waals surface area contributed by atoms with Gasteiger partial charge in [0.25, 0.3) is 0 Å². The van der Waals surface area contributed by atoms with Gasteiger partial charge in [-0.2, -0.15) is 0 Å². The number of aryl methyl sites for hydroxylation is 2. The third-order valence-electron chi connectivity index (χ3n) is 2.50. The fourth-order valence-electron chi connectivity index (χ4n) is 1.62. The number of aromatic nitrogens is 2. The van der Waals surface area contributed by atoms with E-state index in [1.165, 1.54) is 12.4 Å². The lowest BCUT2D eigenvalue weighted by Crippen LogP contribution is -1.93. The SMILES string of the molecule is Cc1cc(-c2ncc(C=O)cn2)cc(C)c1Br. The average molecular weight is 291 g/mol. The van der Waals surface area contributed by atoms with E-state index < -0.39 is 0 Å². The highest BCUT2D eigenvalue weighted by atomic mass is 79.9. The Morgan fingerprint density at radius 3 is 2.12 bits per heavy atom. The van der Waals surface area contributed by atoms with Crippen LogP contribution in [0.1, 0.15) is 21.5 Å². The molecular weight excluding hydrogens is 280 g/mol. The van der Waals surface area contributed by atoms with Crippen molar-refractivity contribution >= 4 is 22.2 Å². The quantitative estimate of drug-likeness (QED) is 0.797. The number of rotatable bonds is 2. The van der Waals surface area contributed by atoms with Crippen LogP contribution in [0.4, 0.5) is 0 Å². The van der Waals surface area contributed by atoms with Crippen LogP contribution in [0.5, 0.6) is 0 Å². The molecule has 0 amide bonds. The first-order valence-corrected chi connectivity index (χ1v) is 5.95. The van der Waals surface area contributed by atoms with Crippen LogP contribution < -0.4 is 0 Å². The van der Waals surface area contributed by atoms with Crippen molar-refractivity contribution in [3.63, 3.8) is 0 Å². The van der Waals surface area contributed by atoms with Gasteiger partial charge in [-0.05, 0) is 37.1 Å². The second kappa shape index (κ2) is 4.75. The Bertz CT molecular complexity index is 541. The van der Waals surface area contributed by atoms with Crippen LogP contribution in [0.15, 0.2) is 29.0 Å². The molecule has 17 heavy (non-hydrogen) atoms. The normalized spacial score (nSPS) is 10.3. The predicted octanol–water partition coefficient (Wildman–Crippen LogP) is 3.34. The Morgan fingerprint density at radius 1 is 1.12 bits per heavy atom. The molecular formula is C13H11BrN2O. The summed E-state index contributed by atoms with van der Waals surface area (Å²) in [6, 6.07) is 4.04. The first-order valence-electron chi connectivity index (χ1n) is 5.16. The second-order valence-corrected chi connectivity index (χ2v) is 4.67. The summed E-state index contributed by atoms with van der Waals surface area (Å²) in [5.41, 5.74) is 3.73. The lowest BCUT2D eigenvalue weighted by Gasteiger charge is -2.06. The molecule has 1 aromatic heterocycles. The highest BCUT2D eigenvalue weighted by Gasteiger charge is 2.06. The molecule has 0 aliphatic carbocycles. The summed E-state index contributed by atoms with van der Waals surface area (Å²) >= 11 is 3.52. The van der Waals surface area contributed by atoms with Crippen LogP contribution in [0.2, 0.25) is 0 Å². The van der Waals surface area contributed by atoms with Crippen LogP contribution >= 0.6 is 15.9 Å². The summed E-state index contributed by atoms with van der Waals surface area (Å²) in [5, 5.41) is 0. The first-order chi connectivity index (χ1) is 8.11. The van der Waals surface area contributed by atoms with Gasteiger partial charge >= 0.3 is 0 Å². The van der Waals surface area contributed by atoms with Crippen molar-refractivity contribution in [2.45, 2.75) is 13.8 Å². The molecule has 3 nitrogen and oxygen atoms in total. The van der Waals surface area contributed by atoms with E-state index in [0.29, 0.717) is 11.4 Å². The van der Waals surface area contributed by atoms with Gasteiger partial charge in [0, 0.05) is 22.4 Å². The molecule has 0 atom stereocenters. The molecule has 1 aromatic carbocycles. The standard InChI is InChI=1S/C13H11BrN2O/c1-8-3-11(4-9(2)12(8)14)13-15-5-10(7-17)6-16-13/h3-7H,1-2H3. The number of nitrogens with zero attached hydrogens (tertiary/aromatic N) is 2. The summed E-state index contributed by atoms with van der Waals surface area (Å²) in [4.78, 5) is 18.9. The lowest BCUT2D eigenvalue weighted by molar-refractivity contribution is 0.112. The highest BCUT2D eigenvalue weighted by molar-refractivity contribution is 9.10. The average Bonchev–Trinajstić information content (AvgIpc) is 2.35. The molecule has 4 heteroatoms. The van der Waals surface area contributed by atoms with Crippen molar-refractivity contribution in [1.82, 2.24) is 9.97 Å². The Kier molecular flexibility index (Phi) is 3.33. The summed E-state index contributed by atoms with van der Waals surface area (Å²) in [6.45, 7) is 4.06. The van der Waals surface area contributed by atoms with E-state index in [0.717, 1.165) is 27.4 Å². The molecule has 0 aliphatic heterocycles. The van der Waals surface area contributed by atoms with Crippen LogP contribution in [-0.2, 0) is 0 Å². The van der Waals surface area contributed by atoms with Gasteiger partial charge < -0.3 is 0 Å². The number of benzene rings is 1. The molecule has 0 N–H and O–H groups in total. The van der Waals surface area contributed by atoms with Crippen molar-refractivity contribution in [1.29, 1.82) is 0 Å². The van der Waals surface area contributed by atoms with Crippen molar-refractivity contribution in [3.05, 3.63) is 45.7 Å². The third kappa shape index (κ3) is 2.42. The molecule has 0 spiro atoms. The number of hydrogen-bond acceptors (Lipinski definition) is 3. The van der Waals surface area contributed by atoms with E-state index in [-0.39, 0.29) is 0 Å². The van der Waals surface area contributed by atoms with Gasteiger partial charge in [0.05, 0.1) is 5.56 Å². The number of halogens is 1. The zero-order chi connectivity index (χ0) is 12.4. The first kappa shape index (κ1) is 11.9. The van der Waals surface area contributed by atoms with Crippen LogP contribution in [0, 0.1) is 13.8 Å². The van der Waals surface area contributed by atoms with Gasteiger partial charge in [-0.15, -0.1) is 0 Å². The molecule has 0 unspecified atom stereocenters. The van der Waals surface area contributed by atoms with Gasteiger partial charge in [-0.1, -0.05) is 15.9 Å². The molecule has 2 aromatic rings. The Labute approximate surface area is 108 Å². The Balaban J connectivity index is 2.49. The minimum atomic E-state index is 0.485. The van der Waals surface area contributed by atoms with Gasteiger partial charge in [-0.3, -0.25) is 4.79 Å². The van der Waals surface area contributed by atoms with E-state index >= 15 is 0 Å². The number of carbonyl (C=O) groups is 1. The van der Waals surface area contributed by atoms with Gasteiger partial charge in [0.2, 0.25) is 0 Å². The number of hydrogen-bond donors (Lipinski definition) is 0. The van der Waals surface area contributed by atoms with E-state index in [1.807, 2.05) is 26.0 Å². The maximum absolute atomic E-state index is 10.5. The minimum Gasteiger partial charge on any atom is -0.298 e. The van der Waals surface area contributed by atoms with Crippen LogP contribution in [0.3, 0.4) is 0 Å². The Morgan fingerprint density at radius 2 is 1.65 bits per heavy atom. The van der Waals surface area contributed by atoms with E-state index in [9.17, 15) is 4.79 Å². The summed E-state index contributed by atoms with van der Waals surface area (Å²) in [7, 11) is 0. The van der Waals surface area contributed by atoms with Crippen molar-refractivity contribution < 1.29 is 4.79 Å². The van der Waals surface area contributed by atoms with Crippen molar-refractivity contribution in [2.75, 3.05) is 0 Å². The van der Waals surface area contributed by atoms with E-state index in [1.54, 1.807) is 0 Å². The molecule has 0 fully saturated rings. The monoisotopic (exact) mass is 290 g/mol. The van der Waals surface area contributed by atoms with Crippen molar-refractivity contribution in [3.8, 4) is 11.4 Å². The molecule has 2 rings (SSSR count). The zero-order valence-electron chi connectivity index (χ0n) is 9.57. The molecule has 1 heterocycles. The molecule has 0 aliphatic rings. The van der Waals surface area contributed by atoms with E-state index in [2.05, 4.69) is 25.9 Å². The molecule has 0 radical (unpaired) electrons. The minimum absolute atomic E-state index is 0.485. The number of aldehydes is 1. The smallest absolute Gasteiger partial charge is 0.159 e. The molecule has 0 saturated heterocycles. The summed E-state index contributed by atoms with van der Waals surface area (Å²) in [5.74, 6) is 0.634.